The van der Waals surface area contributed by atoms with Gasteiger partial charge in [-0.3, -0.25) is 9.59 Å². The van der Waals surface area contributed by atoms with E-state index in [2.05, 4.69) is 46.1 Å². The highest BCUT2D eigenvalue weighted by atomic mass is 28.3. The van der Waals surface area contributed by atoms with E-state index in [1.54, 1.807) is 0 Å². The van der Waals surface area contributed by atoms with E-state index >= 15 is 0 Å². The molecule has 4 heteroatoms. The van der Waals surface area contributed by atoms with Gasteiger partial charge in [0, 0.05) is 12.8 Å². The number of hydrogen-bond acceptors (Lipinski definition) is 2. The van der Waals surface area contributed by atoms with Crippen molar-refractivity contribution >= 4 is 19.8 Å². The van der Waals surface area contributed by atoms with E-state index in [9.17, 15) is 14.7 Å². The Kier molecular flexibility index (Phi) is 7.91. The van der Waals surface area contributed by atoms with E-state index in [0.29, 0.717) is 36.4 Å². The van der Waals surface area contributed by atoms with Crippen molar-refractivity contribution < 1.29 is 14.7 Å². The van der Waals surface area contributed by atoms with Gasteiger partial charge in [-0.25, -0.2) is 0 Å². The first kappa shape index (κ1) is 21.1. The molecule has 0 aliphatic heterocycles. The van der Waals surface area contributed by atoms with Crippen LogP contribution in [0.2, 0.25) is 19.6 Å². The van der Waals surface area contributed by atoms with Crippen LogP contribution in [-0.2, 0) is 9.59 Å². The molecule has 0 aromatic carbocycles. The standard InChI is InChI=1S/C20H36O3Si/c1-14(2)11-17(21)9-10-18-15(3)7-8-16(12-20(22)23)19(18)13-24(4,5)6/h13-16,18H,7-12H2,1-6H3,(H,22,23)/b19-13+/t15-,16+,18+/m1/s1. The van der Waals surface area contributed by atoms with Crippen LogP contribution < -0.4 is 0 Å². The smallest absolute Gasteiger partial charge is 0.303 e. The molecule has 0 aromatic heterocycles. The van der Waals surface area contributed by atoms with Crippen LogP contribution in [-0.4, -0.2) is 24.9 Å². The largest absolute Gasteiger partial charge is 0.481 e. The molecule has 24 heavy (non-hydrogen) atoms. The average molecular weight is 353 g/mol. The minimum Gasteiger partial charge on any atom is -0.481 e. The summed E-state index contributed by atoms with van der Waals surface area (Å²) in [7, 11) is -1.43. The Morgan fingerprint density at radius 1 is 1.25 bits per heavy atom. The summed E-state index contributed by atoms with van der Waals surface area (Å²) < 4.78 is 0. The molecule has 0 saturated heterocycles. The van der Waals surface area contributed by atoms with Gasteiger partial charge >= 0.3 is 5.97 Å². The van der Waals surface area contributed by atoms with Crippen LogP contribution in [0.5, 0.6) is 0 Å². The third-order valence-corrected chi connectivity index (χ3v) is 6.15. The topological polar surface area (TPSA) is 54.4 Å². The van der Waals surface area contributed by atoms with Crippen LogP contribution >= 0.6 is 0 Å². The zero-order valence-electron chi connectivity index (χ0n) is 16.4. The highest BCUT2D eigenvalue weighted by Gasteiger charge is 2.34. The fourth-order valence-electron chi connectivity index (χ4n) is 3.94. The predicted molar refractivity (Wildman–Crippen MR) is 103 cm³/mol. The van der Waals surface area contributed by atoms with Crippen molar-refractivity contribution in [2.45, 2.75) is 78.9 Å². The molecular formula is C20H36O3Si. The second-order valence-electron chi connectivity index (χ2n) is 9.14. The summed E-state index contributed by atoms with van der Waals surface area (Å²) in [5.74, 6) is 1.15. The molecule has 3 atom stereocenters. The summed E-state index contributed by atoms with van der Waals surface area (Å²) in [6, 6.07) is 0. The lowest BCUT2D eigenvalue weighted by Crippen LogP contribution is -2.31. The second-order valence-corrected chi connectivity index (χ2v) is 14.2. The molecule has 1 fully saturated rings. The molecule has 0 unspecified atom stereocenters. The SMILES string of the molecule is CC(C)CC(=O)CC[C@@H]1/C(=C/[Si](C)(C)C)[C@H](CC(=O)O)CC[C@H]1C. The minimum absolute atomic E-state index is 0.163. The fraction of sp³-hybridized carbons (Fsp3) is 0.800. The van der Waals surface area contributed by atoms with Crippen LogP contribution in [0.15, 0.2) is 11.3 Å². The molecule has 1 N–H and O–H groups in total. The summed E-state index contributed by atoms with van der Waals surface area (Å²) in [6.07, 6.45) is 4.46. The minimum atomic E-state index is -1.43. The van der Waals surface area contributed by atoms with E-state index < -0.39 is 14.0 Å². The maximum atomic E-state index is 12.1. The molecule has 0 aromatic rings. The number of rotatable bonds is 8. The number of carbonyl (C=O) groups is 2. The van der Waals surface area contributed by atoms with Gasteiger partial charge in [-0.05, 0) is 42.9 Å². The zero-order valence-corrected chi connectivity index (χ0v) is 17.4. The molecule has 0 spiro atoms. The summed E-state index contributed by atoms with van der Waals surface area (Å²) in [6.45, 7) is 13.3. The fourth-order valence-corrected chi connectivity index (χ4v) is 5.39. The van der Waals surface area contributed by atoms with E-state index in [0.717, 1.165) is 19.3 Å². The van der Waals surface area contributed by atoms with Crippen molar-refractivity contribution in [2.75, 3.05) is 0 Å². The predicted octanol–water partition coefficient (Wildman–Crippen LogP) is 5.32. The van der Waals surface area contributed by atoms with Gasteiger partial charge in [0.05, 0.1) is 14.5 Å². The second kappa shape index (κ2) is 8.98. The van der Waals surface area contributed by atoms with Crippen LogP contribution in [0.4, 0.5) is 0 Å². The van der Waals surface area contributed by atoms with E-state index in [4.69, 9.17) is 0 Å². The molecule has 0 radical (unpaired) electrons. The number of aliphatic carboxylic acids is 1. The maximum absolute atomic E-state index is 12.1. The lowest BCUT2D eigenvalue weighted by molar-refractivity contribution is -0.138. The number of ketones is 1. The van der Waals surface area contributed by atoms with Gasteiger partial charge in [0.1, 0.15) is 5.78 Å². The molecular weight excluding hydrogens is 316 g/mol. The normalized spacial score (nSPS) is 26.8. The maximum Gasteiger partial charge on any atom is 0.303 e. The van der Waals surface area contributed by atoms with Gasteiger partial charge in [-0.15, -0.1) is 0 Å². The molecule has 3 nitrogen and oxygen atoms in total. The number of carboxylic acids is 1. The first-order chi connectivity index (χ1) is 11.0. The molecule has 138 valence electrons. The lowest BCUT2D eigenvalue weighted by Gasteiger charge is -2.38. The molecule has 1 aliphatic carbocycles. The number of Topliss-reactive ketones (excluding diaryl/α,β-unsaturated/α-hetero) is 1. The van der Waals surface area contributed by atoms with Crippen LogP contribution in [0.1, 0.15) is 59.3 Å². The Balaban J connectivity index is 2.95. The summed E-state index contributed by atoms with van der Waals surface area (Å²) in [4.78, 5) is 23.4. The van der Waals surface area contributed by atoms with Gasteiger partial charge in [0.25, 0.3) is 0 Å². The van der Waals surface area contributed by atoms with Crippen LogP contribution in [0.3, 0.4) is 0 Å². The Bertz CT molecular complexity index is 474. The van der Waals surface area contributed by atoms with Gasteiger partial charge in [0.2, 0.25) is 0 Å². The molecule has 1 aliphatic rings. The van der Waals surface area contributed by atoms with Gasteiger partial charge in [0.15, 0.2) is 0 Å². The number of carbonyl (C=O) groups excluding carboxylic acids is 1. The van der Waals surface area contributed by atoms with Crippen molar-refractivity contribution in [3.8, 4) is 0 Å². The molecule has 1 saturated carbocycles. The molecule has 0 heterocycles. The highest BCUT2D eigenvalue weighted by molar-refractivity contribution is 6.81. The number of carboxylic acid groups (broad SMARTS) is 1. The van der Waals surface area contributed by atoms with Crippen molar-refractivity contribution in [3.05, 3.63) is 11.3 Å². The van der Waals surface area contributed by atoms with Gasteiger partial charge in [-0.1, -0.05) is 51.7 Å². The van der Waals surface area contributed by atoms with E-state index in [1.165, 1.54) is 5.57 Å². The number of hydrogen-bond donors (Lipinski definition) is 1. The number of allylic oxidation sites excluding steroid dienone is 1. The Hall–Kier alpha value is -0.903. The zero-order chi connectivity index (χ0) is 18.5. The van der Waals surface area contributed by atoms with E-state index in [1.807, 2.05) is 0 Å². The van der Waals surface area contributed by atoms with Crippen molar-refractivity contribution in [1.29, 1.82) is 0 Å². The first-order valence-electron chi connectivity index (χ1n) is 9.45. The first-order valence-corrected chi connectivity index (χ1v) is 13.0. The molecule has 0 bridgehead atoms. The third-order valence-electron chi connectivity index (χ3n) is 4.95. The lowest BCUT2D eigenvalue weighted by atomic mass is 9.69. The highest BCUT2D eigenvalue weighted by Crippen LogP contribution is 2.43. The van der Waals surface area contributed by atoms with Crippen LogP contribution in [0, 0.1) is 23.7 Å². The van der Waals surface area contributed by atoms with Crippen molar-refractivity contribution in [3.63, 3.8) is 0 Å². The van der Waals surface area contributed by atoms with Crippen molar-refractivity contribution in [2.24, 2.45) is 23.7 Å². The third kappa shape index (κ3) is 7.33. The van der Waals surface area contributed by atoms with Crippen molar-refractivity contribution in [1.82, 2.24) is 0 Å². The summed E-state index contributed by atoms with van der Waals surface area (Å²) >= 11 is 0. The summed E-state index contributed by atoms with van der Waals surface area (Å²) in [5, 5.41) is 9.28. The Morgan fingerprint density at radius 3 is 2.38 bits per heavy atom. The Labute approximate surface area is 148 Å². The summed E-state index contributed by atoms with van der Waals surface area (Å²) in [5.41, 5.74) is 3.78. The molecule has 0 amide bonds. The van der Waals surface area contributed by atoms with Crippen LogP contribution in [0.25, 0.3) is 0 Å². The Morgan fingerprint density at radius 2 is 1.88 bits per heavy atom. The van der Waals surface area contributed by atoms with Gasteiger partial charge < -0.3 is 5.11 Å². The monoisotopic (exact) mass is 352 g/mol. The molecule has 1 rings (SSSR count). The van der Waals surface area contributed by atoms with Gasteiger partial charge in [-0.2, -0.15) is 0 Å². The average Bonchev–Trinajstić information content (AvgIpc) is 2.38. The quantitative estimate of drug-likeness (QED) is 0.601. The van der Waals surface area contributed by atoms with E-state index in [-0.39, 0.29) is 12.3 Å².